The van der Waals surface area contributed by atoms with E-state index >= 15 is 0 Å². The van der Waals surface area contributed by atoms with Crippen molar-refractivity contribution in [1.82, 2.24) is 4.72 Å². The fourth-order valence-electron chi connectivity index (χ4n) is 1.17. The van der Waals surface area contributed by atoms with E-state index in [2.05, 4.69) is 4.72 Å². The molecule has 0 saturated heterocycles. The molecule has 0 aliphatic carbocycles. The highest BCUT2D eigenvalue weighted by molar-refractivity contribution is 7.89. The fourth-order valence-corrected chi connectivity index (χ4v) is 2.10. The van der Waals surface area contributed by atoms with Crippen LogP contribution < -0.4 is 10.5 Å². The van der Waals surface area contributed by atoms with Crippen molar-refractivity contribution in [2.75, 3.05) is 18.9 Å². The molecule has 0 bridgehead atoms. The second kappa shape index (κ2) is 8.00. The van der Waals surface area contributed by atoms with E-state index in [4.69, 9.17) is 10.5 Å². The van der Waals surface area contributed by atoms with Gasteiger partial charge in [0.15, 0.2) is 0 Å². The summed E-state index contributed by atoms with van der Waals surface area (Å²) in [5.41, 5.74) is 5.71. The van der Waals surface area contributed by atoms with Crippen LogP contribution in [0.2, 0.25) is 0 Å². The molecule has 6 heteroatoms. The van der Waals surface area contributed by atoms with Gasteiger partial charge in [0.25, 0.3) is 0 Å². The van der Waals surface area contributed by atoms with Crippen LogP contribution in [0, 0.1) is 0 Å². The molecule has 5 nitrogen and oxygen atoms in total. The van der Waals surface area contributed by atoms with Gasteiger partial charge in [0.2, 0.25) is 10.0 Å². The van der Waals surface area contributed by atoms with E-state index in [1.807, 2.05) is 20.8 Å². The van der Waals surface area contributed by atoms with Gasteiger partial charge in [-0.1, -0.05) is 13.3 Å². The normalized spacial score (nSPS) is 14.3. The van der Waals surface area contributed by atoms with Gasteiger partial charge in [-0.05, 0) is 20.3 Å². The molecule has 16 heavy (non-hydrogen) atoms. The molecular formula is C10H24N2O3S. The monoisotopic (exact) mass is 252 g/mol. The number of hydrogen-bond donors (Lipinski definition) is 2. The minimum Gasteiger partial charge on any atom is -0.378 e. The first-order chi connectivity index (χ1) is 7.37. The van der Waals surface area contributed by atoms with Crippen molar-refractivity contribution in [1.29, 1.82) is 0 Å². The molecule has 0 heterocycles. The molecule has 3 N–H and O–H groups in total. The first-order valence-electron chi connectivity index (χ1n) is 5.72. The molecule has 1 atom stereocenters. The Kier molecular flexibility index (Phi) is 7.91. The number of rotatable bonds is 9. The molecule has 0 radical (unpaired) electrons. The van der Waals surface area contributed by atoms with E-state index in [1.165, 1.54) is 0 Å². The lowest BCUT2D eigenvalue weighted by Gasteiger charge is -2.12. The molecule has 0 aromatic carbocycles. The molecule has 0 aliphatic rings. The summed E-state index contributed by atoms with van der Waals surface area (Å²) in [5.74, 6) is -0.00990. The largest absolute Gasteiger partial charge is 0.378 e. The average Bonchev–Trinajstić information content (AvgIpc) is 2.14. The second-order valence-electron chi connectivity index (χ2n) is 4.14. The number of sulfonamides is 1. The van der Waals surface area contributed by atoms with Crippen LogP contribution in [0.1, 0.15) is 33.6 Å². The van der Waals surface area contributed by atoms with Crippen molar-refractivity contribution in [3.05, 3.63) is 0 Å². The van der Waals surface area contributed by atoms with Gasteiger partial charge in [0.1, 0.15) is 0 Å². The zero-order chi connectivity index (χ0) is 12.6. The van der Waals surface area contributed by atoms with E-state index in [0.717, 1.165) is 12.8 Å². The Morgan fingerprint density at radius 1 is 1.38 bits per heavy atom. The highest BCUT2D eigenvalue weighted by Crippen LogP contribution is 1.94. The number of nitrogens with two attached hydrogens (primary N) is 1. The summed E-state index contributed by atoms with van der Waals surface area (Å²) in [5, 5.41) is 0. The Morgan fingerprint density at radius 3 is 2.50 bits per heavy atom. The van der Waals surface area contributed by atoms with Crippen molar-refractivity contribution in [3.63, 3.8) is 0 Å². The molecule has 98 valence electrons. The molecular weight excluding hydrogens is 228 g/mol. The molecule has 0 spiro atoms. The topological polar surface area (TPSA) is 81.4 Å². The molecule has 1 unspecified atom stereocenters. The Balaban J connectivity index is 3.78. The lowest BCUT2D eigenvalue weighted by Crippen LogP contribution is -2.38. The minimum absolute atomic E-state index is 0.00990. The van der Waals surface area contributed by atoms with Crippen molar-refractivity contribution in [3.8, 4) is 0 Å². The van der Waals surface area contributed by atoms with Gasteiger partial charge in [0, 0.05) is 12.6 Å². The van der Waals surface area contributed by atoms with Crippen LogP contribution in [0.25, 0.3) is 0 Å². The predicted molar refractivity (Wildman–Crippen MR) is 65.8 cm³/mol. The molecule has 0 aromatic heterocycles. The number of hydrogen-bond acceptors (Lipinski definition) is 4. The average molecular weight is 252 g/mol. The SMILES string of the molecule is CCCC(N)CNS(=O)(=O)CCOC(C)C. The number of ether oxygens (including phenoxy) is 1. The predicted octanol–water partition coefficient (Wildman–Crippen LogP) is 0.458. The van der Waals surface area contributed by atoms with Crippen molar-refractivity contribution in [2.24, 2.45) is 5.73 Å². The smallest absolute Gasteiger partial charge is 0.213 e. The lowest BCUT2D eigenvalue weighted by molar-refractivity contribution is 0.0911. The summed E-state index contributed by atoms with van der Waals surface area (Å²) < 4.78 is 30.6. The van der Waals surface area contributed by atoms with Crippen molar-refractivity contribution < 1.29 is 13.2 Å². The van der Waals surface area contributed by atoms with Gasteiger partial charge in [-0.25, -0.2) is 13.1 Å². The molecule has 0 aromatic rings. The van der Waals surface area contributed by atoms with E-state index in [0.29, 0.717) is 6.54 Å². The van der Waals surface area contributed by atoms with E-state index in [1.54, 1.807) is 0 Å². The molecule has 0 rings (SSSR count). The van der Waals surface area contributed by atoms with Gasteiger partial charge < -0.3 is 10.5 Å². The fraction of sp³-hybridized carbons (Fsp3) is 1.00. The third-order valence-corrected chi connectivity index (χ3v) is 3.34. The lowest BCUT2D eigenvalue weighted by atomic mass is 10.2. The van der Waals surface area contributed by atoms with E-state index in [9.17, 15) is 8.42 Å². The molecule has 0 aliphatic heterocycles. The van der Waals surface area contributed by atoms with Crippen LogP contribution >= 0.6 is 0 Å². The Morgan fingerprint density at radius 2 is 2.00 bits per heavy atom. The highest BCUT2D eigenvalue weighted by Gasteiger charge is 2.12. The summed E-state index contributed by atoms with van der Waals surface area (Å²) in [6.45, 7) is 6.28. The van der Waals surface area contributed by atoms with Crippen LogP contribution in [0.5, 0.6) is 0 Å². The first kappa shape index (κ1) is 15.8. The standard InChI is InChI=1S/C10H24N2O3S/c1-4-5-10(11)8-12-16(13,14)7-6-15-9(2)3/h9-10,12H,4-8,11H2,1-3H3. The van der Waals surface area contributed by atoms with E-state index < -0.39 is 10.0 Å². The molecule has 0 saturated carbocycles. The zero-order valence-electron chi connectivity index (χ0n) is 10.4. The van der Waals surface area contributed by atoms with Gasteiger partial charge in [0.05, 0.1) is 18.5 Å². The van der Waals surface area contributed by atoms with Gasteiger partial charge >= 0.3 is 0 Å². The second-order valence-corrected chi connectivity index (χ2v) is 6.06. The maximum atomic E-state index is 11.5. The summed E-state index contributed by atoms with van der Waals surface area (Å²) in [6, 6.07) is -0.106. The molecule has 0 fully saturated rings. The summed E-state index contributed by atoms with van der Waals surface area (Å²) >= 11 is 0. The Hall–Kier alpha value is -0.170. The van der Waals surface area contributed by atoms with Crippen molar-refractivity contribution >= 4 is 10.0 Å². The Bertz CT molecular complexity index is 265. The highest BCUT2D eigenvalue weighted by atomic mass is 32.2. The number of nitrogens with one attached hydrogen (secondary N) is 1. The van der Waals surface area contributed by atoms with Gasteiger partial charge in [-0.15, -0.1) is 0 Å². The van der Waals surface area contributed by atoms with Crippen LogP contribution in [0.4, 0.5) is 0 Å². The van der Waals surface area contributed by atoms with Crippen LogP contribution in [-0.4, -0.2) is 39.5 Å². The summed E-state index contributed by atoms with van der Waals surface area (Å²) in [6.07, 6.45) is 1.84. The van der Waals surface area contributed by atoms with Crippen LogP contribution in [0.3, 0.4) is 0 Å². The maximum absolute atomic E-state index is 11.5. The van der Waals surface area contributed by atoms with Crippen LogP contribution in [0.15, 0.2) is 0 Å². The molecule has 0 amide bonds. The minimum atomic E-state index is -3.25. The van der Waals surface area contributed by atoms with E-state index in [-0.39, 0.29) is 24.5 Å². The van der Waals surface area contributed by atoms with Gasteiger partial charge in [-0.3, -0.25) is 0 Å². The summed E-state index contributed by atoms with van der Waals surface area (Å²) in [4.78, 5) is 0. The Labute approximate surface area is 98.8 Å². The quantitative estimate of drug-likeness (QED) is 0.624. The summed E-state index contributed by atoms with van der Waals surface area (Å²) in [7, 11) is -3.25. The maximum Gasteiger partial charge on any atom is 0.213 e. The third kappa shape index (κ3) is 9.08. The van der Waals surface area contributed by atoms with Crippen LogP contribution in [-0.2, 0) is 14.8 Å². The van der Waals surface area contributed by atoms with Gasteiger partial charge in [-0.2, -0.15) is 0 Å². The van der Waals surface area contributed by atoms with Crippen molar-refractivity contribution in [2.45, 2.75) is 45.8 Å². The third-order valence-electron chi connectivity index (χ3n) is 2.03. The first-order valence-corrected chi connectivity index (χ1v) is 7.37. The zero-order valence-corrected chi connectivity index (χ0v) is 11.2.